The fourth-order valence-electron chi connectivity index (χ4n) is 2.60. The van der Waals surface area contributed by atoms with Crippen LogP contribution in [0.4, 0.5) is 4.39 Å². The molecule has 2 N–H and O–H groups in total. The number of halogens is 2. The van der Waals surface area contributed by atoms with Gasteiger partial charge in [-0.15, -0.1) is 24.0 Å². The van der Waals surface area contributed by atoms with Crippen molar-refractivity contribution in [1.82, 2.24) is 10.2 Å². The van der Waals surface area contributed by atoms with Gasteiger partial charge in [-0.3, -0.25) is 4.99 Å². The predicted molar refractivity (Wildman–Crippen MR) is 124 cm³/mol. The summed E-state index contributed by atoms with van der Waals surface area (Å²) in [5.74, 6) is 1.22. The summed E-state index contributed by atoms with van der Waals surface area (Å²) in [4.78, 5) is 6.57. The molecule has 0 fully saturated rings. The average molecular weight is 517 g/mol. The standard InChI is InChI=1S/C21H28FN3O3.HI/c1-4-23-21(24-12-11-16-9-10-18(26)20(15-16)27-3)25(2)13-14-28-19-8-6-5-7-17(19)22;/h5-10,15,26H,4,11-14H2,1-3H3,(H,23,24);1H. The van der Waals surface area contributed by atoms with Crippen molar-refractivity contribution in [2.24, 2.45) is 4.99 Å². The molecule has 29 heavy (non-hydrogen) atoms. The summed E-state index contributed by atoms with van der Waals surface area (Å²) in [5.41, 5.74) is 1.03. The Morgan fingerprint density at radius 1 is 1.21 bits per heavy atom. The zero-order valence-corrected chi connectivity index (χ0v) is 19.4. The monoisotopic (exact) mass is 517 g/mol. The van der Waals surface area contributed by atoms with Crippen LogP contribution in [0.3, 0.4) is 0 Å². The average Bonchev–Trinajstić information content (AvgIpc) is 2.70. The van der Waals surface area contributed by atoms with E-state index in [1.54, 1.807) is 24.3 Å². The largest absolute Gasteiger partial charge is 0.504 e. The van der Waals surface area contributed by atoms with Crippen LogP contribution in [0.2, 0.25) is 0 Å². The van der Waals surface area contributed by atoms with Crippen LogP contribution >= 0.6 is 24.0 Å². The van der Waals surface area contributed by atoms with E-state index in [9.17, 15) is 9.50 Å². The van der Waals surface area contributed by atoms with Crippen LogP contribution in [0.25, 0.3) is 0 Å². The number of phenols is 1. The molecule has 2 rings (SSSR count). The number of methoxy groups -OCH3 is 1. The van der Waals surface area contributed by atoms with Crippen molar-refractivity contribution >= 4 is 29.9 Å². The Bertz CT molecular complexity index is 790. The van der Waals surface area contributed by atoms with Crippen LogP contribution in [-0.2, 0) is 6.42 Å². The lowest BCUT2D eigenvalue weighted by atomic mass is 10.1. The SMILES string of the molecule is CCNC(=NCCc1ccc(O)c(OC)c1)N(C)CCOc1ccccc1F.I. The zero-order valence-electron chi connectivity index (χ0n) is 17.0. The third-order valence-corrected chi connectivity index (χ3v) is 4.12. The summed E-state index contributed by atoms with van der Waals surface area (Å²) in [5, 5.41) is 12.9. The lowest BCUT2D eigenvalue weighted by Gasteiger charge is -2.22. The fourth-order valence-corrected chi connectivity index (χ4v) is 2.60. The van der Waals surface area contributed by atoms with Crippen LogP contribution in [0.15, 0.2) is 47.5 Å². The summed E-state index contributed by atoms with van der Waals surface area (Å²) in [6, 6.07) is 11.6. The molecule has 160 valence electrons. The van der Waals surface area contributed by atoms with Crippen molar-refractivity contribution in [3.8, 4) is 17.2 Å². The Morgan fingerprint density at radius 2 is 1.97 bits per heavy atom. The third-order valence-electron chi connectivity index (χ3n) is 4.12. The van der Waals surface area contributed by atoms with Crippen LogP contribution in [0, 0.1) is 5.82 Å². The van der Waals surface area contributed by atoms with Crippen molar-refractivity contribution in [3.63, 3.8) is 0 Å². The molecule has 2 aromatic carbocycles. The van der Waals surface area contributed by atoms with E-state index in [4.69, 9.17) is 9.47 Å². The highest BCUT2D eigenvalue weighted by atomic mass is 127. The van der Waals surface area contributed by atoms with Gasteiger partial charge in [-0.25, -0.2) is 4.39 Å². The van der Waals surface area contributed by atoms with Gasteiger partial charge in [0.25, 0.3) is 0 Å². The molecule has 6 nitrogen and oxygen atoms in total. The molecule has 0 aliphatic heterocycles. The molecule has 0 aliphatic carbocycles. The van der Waals surface area contributed by atoms with Gasteiger partial charge in [0.15, 0.2) is 29.0 Å². The molecule has 0 heterocycles. The summed E-state index contributed by atoms with van der Waals surface area (Å²) < 4.78 is 24.2. The number of rotatable bonds is 9. The molecule has 0 aromatic heterocycles. The molecule has 0 saturated heterocycles. The number of aromatic hydroxyl groups is 1. The normalized spacial score (nSPS) is 10.8. The van der Waals surface area contributed by atoms with Gasteiger partial charge >= 0.3 is 0 Å². The van der Waals surface area contributed by atoms with Gasteiger partial charge in [-0.05, 0) is 43.2 Å². The van der Waals surface area contributed by atoms with Gasteiger partial charge in [0.2, 0.25) is 0 Å². The number of aliphatic imine (C=N–C) groups is 1. The molecular formula is C21H29FIN3O3. The van der Waals surface area contributed by atoms with E-state index in [1.165, 1.54) is 13.2 Å². The van der Waals surface area contributed by atoms with Gasteiger partial charge < -0.3 is 24.8 Å². The molecule has 2 aromatic rings. The Morgan fingerprint density at radius 3 is 2.66 bits per heavy atom. The number of likely N-dealkylation sites (N-methyl/N-ethyl adjacent to an activating group) is 1. The maximum atomic E-state index is 13.6. The summed E-state index contributed by atoms with van der Waals surface area (Å²) in [6.07, 6.45) is 0.713. The number of hydrogen-bond acceptors (Lipinski definition) is 4. The topological polar surface area (TPSA) is 66.3 Å². The van der Waals surface area contributed by atoms with Crippen molar-refractivity contribution in [2.75, 3.05) is 40.4 Å². The molecule has 0 radical (unpaired) electrons. The van der Waals surface area contributed by atoms with E-state index >= 15 is 0 Å². The number of nitrogens with zero attached hydrogens (tertiary/aromatic N) is 2. The Balaban J connectivity index is 0.00000420. The van der Waals surface area contributed by atoms with Gasteiger partial charge in [-0.2, -0.15) is 0 Å². The van der Waals surface area contributed by atoms with Crippen LogP contribution in [0.1, 0.15) is 12.5 Å². The first-order chi connectivity index (χ1) is 13.5. The quantitative estimate of drug-likeness (QED) is 0.302. The molecule has 8 heteroatoms. The maximum Gasteiger partial charge on any atom is 0.193 e. The van der Waals surface area contributed by atoms with Gasteiger partial charge in [0.1, 0.15) is 6.61 Å². The van der Waals surface area contributed by atoms with E-state index in [1.807, 2.05) is 31.0 Å². The lowest BCUT2D eigenvalue weighted by Crippen LogP contribution is -2.41. The minimum Gasteiger partial charge on any atom is -0.504 e. The molecule has 0 bridgehead atoms. The maximum absolute atomic E-state index is 13.6. The number of para-hydroxylation sites is 1. The number of benzene rings is 2. The van der Waals surface area contributed by atoms with Gasteiger partial charge in [0, 0.05) is 20.1 Å². The first-order valence-electron chi connectivity index (χ1n) is 9.27. The van der Waals surface area contributed by atoms with Gasteiger partial charge in [0.05, 0.1) is 13.7 Å². The number of nitrogens with one attached hydrogen (secondary N) is 1. The van der Waals surface area contributed by atoms with Crippen LogP contribution in [0.5, 0.6) is 17.2 Å². The second-order valence-electron chi connectivity index (χ2n) is 6.19. The number of ether oxygens (including phenoxy) is 2. The van der Waals surface area contributed by atoms with E-state index in [0.717, 1.165) is 18.1 Å². The molecule has 0 saturated carbocycles. The molecule has 0 spiro atoms. The summed E-state index contributed by atoms with van der Waals surface area (Å²) >= 11 is 0. The highest BCUT2D eigenvalue weighted by Crippen LogP contribution is 2.26. The van der Waals surface area contributed by atoms with E-state index in [-0.39, 0.29) is 41.3 Å². The minimum absolute atomic E-state index is 0. The number of phenolic OH excluding ortho intramolecular Hbond substituents is 1. The van der Waals surface area contributed by atoms with Crippen LogP contribution in [-0.4, -0.2) is 56.4 Å². The lowest BCUT2D eigenvalue weighted by molar-refractivity contribution is 0.270. The highest BCUT2D eigenvalue weighted by molar-refractivity contribution is 14.0. The van der Waals surface area contributed by atoms with Crippen LogP contribution < -0.4 is 14.8 Å². The van der Waals surface area contributed by atoms with Crippen molar-refractivity contribution < 1.29 is 19.0 Å². The van der Waals surface area contributed by atoms with E-state index < -0.39 is 0 Å². The highest BCUT2D eigenvalue weighted by Gasteiger charge is 2.08. The van der Waals surface area contributed by atoms with Crippen molar-refractivity contribution in [1.29, 1.82) is 0 Å². The van der Waals surface area contributed by atoms with E-state index in [0.29, 0.717) is 31.9 Å². The van der Waals surface area contributed by atoms with E-state index in [2.05, 4.69) is 10.3 Å². The smallest absolute Gasteiger partial charge is 0.193 e. The summed E-state index contributed by atoms with van der Waals surface area (Å²) in [7, 11) is 3.44. The second kappa shape index (κ2) is 13.1. The first kappa shape index (κ1) is 24.8. The first-order valence-corrected chi connectivity index (χ1v) is 9.27. The predicted octanol–water partition coefficient (Wildman–Crippen LogP) is 3.68. The van der Waals surface area contributed by atoms with Gasteiger partial charge in [-0.1, -0.05) is 18.2 Å². The number of guanidine groups is 1. The second-order valence-corrected chi connectivity index (χ2v) is 6.19. The zero-order chi connectivity index (χ0) is 20.4. The third kappa shape index (κ3) is 7.96. The molecule has 0 atom stereocenters. The molecular weight excluding hydrogens is 488 g/mol. The minimum atomic E-state index is -0.366. The van der Waals surface area contributed by atoms with Crippen molar-refractivity contribution in [3.05, 3.63) is 53.8 Å². The molecule has 0 unspecified atom stereocenters. The fraction of sp³-hybridized carbons (Fsp3) is 0.381. The number of hydrogen-bond donors (Lipinski definition) is 2. The Labute approximate surface area is 188 Å². The molecule has 0 aliphatic rings. The Hall–Kier alpha value is -2.23. The Kier molecular flexibility index (Phi) is 11.2. The summed E-state index contributed by atoms with van der Waals surface area (Å²) in [6.45, 7) is 4.23. The van der Waals surface area contributed by atoms with Crippen molar-refractivity contribution in [2.45, 2.75) is 13.3 Å². The molecule has 0 amide bonds.